The minimum atomic E-state index is -1.60. The maximum atomic E-state index is 13.4. The molecule has 1 aromatic heterocycles. The molecule has 13 heteroatoms. The van der Waals surface area contributed by atoms with Crippen molar-refractivity contribution in [3.63, 3.8) is 0 Å². The average molecular weight is 479 g/mol. The van der Waals surface area contributed by atoms with E-state index in [1.54, 1.807) is 12.1 Å². The molecule has 34 heavy (non-hydrogen) atoms. The maximum Gasteiger partial charge on any atom is 0.353 e. The molecule has 0 fully saturated rings. The second-order valence-electron chi connectivity index (χ2n) is 6.79. The number of aromatic nitrogens is 2. The first-order valence-corrected chi connectivity index (χ1v) is 9.68. The van der Waals surface area contributed by atoms with Crippen LogP contribution in [0.2, 0.25) is 0 Å². The highest BCUT2D eigenvalue weighted by molar-refractivity contribution is 5.69. The molecule has 1 heterocycles. The Morgan fingerprint density at radius 3 is 1.74 bits per heavy atom. The van der Waals surface area contributed by atoms with Crippen molar-refractivity contribution in [3.05, 3.63) is 69.3 Å². The smallest absolute Gasteiger partial charge is 0.353 e. The molecular formula is C21H20F3N5O5. The Balaban J connectivity index is 1.84. The van der Waals surface area contributed by atoms with Gasteiger partial charge in [0.2, 0.25) is 17.4 Å². The number of methoxy groups -OCH3 is 3. The molecule has 3 rings (SSSR count). The van der Waals surface area contributed by atoms with E-state index >= 15 is 0 Å². The second-order valence-corrected chi connectivity index (χ2v) is 6.79. The van der Waals surface area contributed by atoms with Crippen molar-refractivity contribution in [3.8, 4) is 17.2 Å². The minimum absolute atomic E-state index is 0.0243. The van der Waals surface area contributed by atoms with Gasteiger partial charge >= 0.3 is 5.69 Å². The van der Waals surface area contributed by atoms with E-state index in [-0.39, 0.29) is 30.3 Å². The standard InChI is InChI=1S/C21H20F3N5O5/c1-32-15-6-12(7-16(33-2)19(15)34-3)9-26-21-18(29(30)31)20(27-10-28-21)25-8-11-4-13(22)17(24)14(23)5-11/h4-7,10H,8-9H2,1-3H3,(H2,25,26,27,28). The third-order valence-electron chi connectivity index (χ3n) is 4.69. The molecule has 0 aliphatic heterocycles. The van der Waals surface area contributed by atoms with Crippen LogP contribution in [0, 0.1) is 27.6 Å². The van der Waals surface area contributed by atoms with Gasteiger partial charge in [-0.15, -0.1) is 0 Å². The lowest BCUT2D eigenvalue weighted by atomic mass is 10.1. The maximum absolute atomic E-state index is 13.4. The van der Waals surface area contributed by atoms with Crippen molar-refractivity contribution in [2.75, 3.05) is 32.0 Å². The fourth-order valence-corrected chi connectivity index (χ4v) is 3.13. The monoisotopic (exact) mass is 479 g/mol. The van der Waals surface area contributed by atoms with Gasteiger partial charge in [0, 0.05) is 13.1 Å². The molecular weight excluding hydrogens is 459 g/mol. The molecule has 2 N–H and O–H groups in total. The van der Waals surface area contributed by atoms with Crippen molar-refractivity contribution < 1.29 is 32.3 Å². The molecule has 0 amide bonds. The Labute approximate surface area is 191 Å². The van der Waals surface area contributed by atoms with Gasteiger partial charge in [-0.05, 0) is 35.4 Å². The average Bonchev–Trinajstić information content (AvgIpc) is 2.83. The van der Waals surface area contributed by atoms with Gasteiger partial charge in [-0.3, -0.25) is 10.1 Å². The quantitative estimate of drug-likeness (QED) is 0.252. The number of ether oxygens (including phenoxy) is 3. The summed E-state index contributed by atoms with van der Waals surface area (Å²) in [6.45, 7) is -0.152. The molecule has 2 aromatic carbocycles. The van der Waals surface area contributed by atoms with E-state index in [9.17, 15) is 23.3 Å². The predicted octanol–water partition coefficient (Wildman–Crippen LogP) is 4.05. The molecule has 3 aromatic rings. The van der Waals surface area contributed by atoms with Crippen LogP contribution in [0.25, 0.3) is 0 Å². The molecule has 0 spiro atoms. The number of rotatable bonds is 10. The van der Waals surface area contributed by atoms with Gasteiger partial charge in [-0.2, -0.15) is 0 Å². The zero-order valence-corrected chi connectivity index (χ0v) is 18.3. The van der Waals surface area contributed by atoms with Gasteiger partial charge in [0.15, 0.2) is 29.0 Å². The molecule has 0 aliphatic carbocycles. The summed E-state index contributed by atoms with van der Waals surface area (Å²) >= 11 is 0. The summed E-state index contributed by atoms with van der Waals surface area (Å²) in [6, 6.07) is 4.89. The van der Waals surface area contributed by atoms with E-state index in [2.05, 4.69) is 20.6 Å². The first-order chi connectivity index (χ1) is 16.3. The number of nitrogens with zero attached hydrogens (tertiary/aromatic N) is 3. The topological polar surface area (TPSA) is 121 Å². The highest BCUT2D eigenvalue weighted by Crippen LogP contribution is 2.38. The number of hydrogen-bond acceptors (Lipinski definition) is 9. The summed E-state index contributed by atoms with van der Waals surface area (Å²) in [6.07, 6.45) is 1.08. The van der Waals surface area contributed by atoms with Gasteiger partial charge < -0.3 is 24.8 Å². The molecule has 0 saturated carbocycles. The summed E-state index contributed by atoms with van der Waals surface area (Å²) in [7, 11) is 4.38. The van der Waals surface area contributed by atoms with Crippen molar-refractivity contribution in [1.29, 1.82) is 0 Å². The lowest BCUT2D eigenvalue weighted by Crippen LogP contribution is -2.10. The number of nitrogens with one attached hydrogen (secondary N) is 2. The van der Waals surface area contributed by atoms with Gasteiger partial charge in [0.1, 0.15) is 6.33 Å². The van der Waals surface area contributed by atoms with Gasteiger partial charge in [0.25, 0.3) is 0 Å². The van der Waals surface area contributed by atoms with E-state index in [1.807, 2.05) is 0 Å². The largest absolute Gasteiger partial charge is 0.493 e. The number of hydrogen-bond donors (Lipinski definition) is 2. The third kappa shape index (κ3) is 5.19. The zero-order chi connectivity index (χ0) is 24.8. The zero-order valence-electron chi connectivity index (χ0n) is 18.3. The van der Waals surface area contributed by atoms with Crippen LogP contribution in [-0.4, -0.2) is 36.2 Å². The summed E-state index contributed by atoms with van der Waals surface area (Å²) in [5.41, 5.74) is 0.184. The van der Waals surface area contributed by atoms with Crippen molar-refractivity contribution in [2.45, 2.75) is 13.1 Å². The van der Waals surface area contributed by atoms with Gasteiger partial charge in [-0.1, -0.05) is 0 Å². The SMILES string of the molecule is COc1cc(CNc2ncnc(NCc3cc(F)c(F)c(F)c3)c2[N+](=O)[O-])cc(OC)c1OC. The lowest BCUT2D eigenvalue weighted by molar-refractivity contribution is -0.383. The molecule has 10 nitrogen and oxygen atoms in total. The lowest BCUT2D eigenvalue weighted by Gasteiger charge is -2.15. The first-order valence-electron chi connectivity index (χ1n) is 9.68. The number of benzene rings is 2. The fraction of sp³-hybridized carbons (Fsp3) is 0.238. The predicted molar refractivity (Wildman–Crippen MR) is 116 cm³/mol. The fourth-order valence-electron chi connectivity index (χ4n) is 3.13. The Kier molecular flexibility index (Phi) is 7.56. The van der Waals surface area contributed by atoms with Crippen LogP contribution < -0.4 is 24.8 Å². The number of anilines is 2. The van der Waals surface area contributed by atoms with Crippen molar-refractivity contribution >= 4 is 17.3 Å². The number of halogens is 3. The molecule has 0 bridgehead atoms. The molecule has 0 atom stereocenters. The molecule has 0 saturated heterocycles. The highest BCUT2D eigenvalue weighted by Gasteiger charge is 2.23. The van der Waals surface area contributed by atoms with Crippen molar-refractivity contribution in [2.24, 2.45) is 0 Å². The third-order valence-corrected chi connectivity index (χ3v) is 4.69. The van der Waals surface area contributed by atoms with Crippen LogP contribution in [0.3, 0.4) is 0 Å². The van der Waals surface area contributed by atoms with Crippen molar-refractivity contribution in [1.82, 2.24) is 9.97 Å². The van der Waals surface area contributed by atoms with Crippen LogP contribution in [0.4, 0.5) is 30.5 Å². The van der Waals surface area contributed by atoms with Crippen LogP contribution in [0.15, 0.2) is 30.6 Å². The van der Waals surface area contributed by atoms with Gasteiger partial charge in [0.05, 0.1) is 26.3 Å². The highest BCUT2D eigenvalue weighted by atomic mass is 19.2. The van der Waals surface area contributed by atoms with E-state index in [4.69, 9.17) is 14.2 Å². The van der Waals surface area contributed by atoms with E-state index in [0.29, 0.717) is 22.8 Å². The normalized spacial score (nSPS) is 10.5. The Bertz CT molecular complexity index is 1160. The van der Waals surface area contributed by atoms with Gasteiger partial charge in [-0.25, -0.2) is 23.1 Å². The second kappa shape index (κ2) is 10.6. The Hall–Kier alpha value is -4.29. The summed E-state index contributed by atoms with van der Waals surface area (Å²) in [4.78, 5) is 18.8. The summed E-state index contributed by atoms with van der Waals surface area (Å²) in [5, 5.41) is 17.2. The summed E-state index contributed by atoms with van der Waals surface area (Å²) in [5.74, 6) is -3.46. The summed E-state index contributed by atoms with van der Waals surface area (Å²) < 4.78 is 55.9. The molecule has 180 valence electrons. The molecule has 0 radical (unpaired) electrons. The Morgan fingerprint density at radius 1 is 0.853 bits per heavy atom. The van der Waals surface area contributed by atoms with E-state index in [1.165, 1.54) is 21.3 Å². The van der Waals surface area contributed by atoms with Crippen LogP contribution in [0.5, 0.6) is 17.2 Å². The van der Waals surface area contributed by atoms with Crippen LogP contribution in [0.1, 0.15) is 11.1 Å². The Morgan fingerprint density at radius 2 is 1.32 bits per heavy atom. The van der Waals surface area contributed by atoms with Crippen LogP contribution in [-0.2, 0) is 13.1 Å². The van der Waals surface area contributed by atoms with E-state index < -0.39 is 28.1 Å². The molecule has 0 unspecified atom stereocenters. The van der Waals surface area contributed by atoms with E-state index in [0.717, 1.165) is 18.5 Å². The minimum Gasteiger partial charge on any atom is -0.493 e. The molecule has 0 aliphatic rings. The number of nitro groups is 1. The first kappa shape index (κ1) is 24.4. The van der Waals surface area contributed by atoms with Crippen LogP contribution >= 0.6 is 0 Å².